The van der Waals surface area contributed by atoms with Crippen molar-refractivity contribution in [1.29, 1.82) is 0 Å². The number of aryl methyl sites for hydroxylation is 1. The van der Waals surface area contributed by atoms with Gasteiger partial charge in [-0.1, -0.05) is 15.9 Å². The van der Waals surface area contributed by atoms with Gasteiger partial charge in [0.15, 0.2) is 0 Å². The fourth-order valence-electron chi connectivity index (χ4n) is 1.48. The average Bonchev–Trinajstić information content (AvgIpc) is 2.22. The third-order valence-corrected chi connectivity index (χ3v) is 2.82. The van der Waals surface area contributed by atoms with E-state index in [2.05, 4.69) is 15.9 Å². The van der Waals surface area contributed by atoms with Gasteiger partial charge in [0, 0.05) is 23.6 Å². The Morgan fingerprint density at radius 1 is 1.33 bits per heavy atom. The molecule has 1 aromatic carbocycles. The van der Waals surface area contributed by atoms with Crippen molar-refractivity contribution in [2.24, 2.45) is 0 Å². The van der Waals surface area contributed by atoms with Gasteiger partial charge < -0.3 is 4.90 Å². The number of rotatable bonds is 3. The van der Waals surface area contributed by atoms with Crippen LogP contribution in [0.1, 0.15) is 22.3 Å². The lowest BCUT2D eigenvalue weighted by atomic mass is 10.1. The molecule has 0 aliphatic rings. The molecule has 0 aromatic heterocycles. The summed E-state index contributed by atoms with van der Waals surface area (Å²) < 4.78 is 36.9. The van der Waals surface area contributed by atoms with Gasteiger partial charge in [0.25, 0.3) is 5.91 Å². The zero-order chi connectivity index (χ0) is 13.9. The lowest BCUT2D eigenvalue weighted by Crippen LogP contribution is -2.30. The quantitative estimate of drug-likeness (QED) is 0.829. The standard InChI is InChI=1S/C12H13BrF3NO/c1-8-5-9(7-10(13)6-8)11(18)17(2)4-3-12(14,15)16/h5-7H,3-4H2,1-2H3. The van der Waals surface area contributed by atoms with Gasteiger partial charge in [-0.2, -0.15) is 13.2 Å². The maximum atomic E-state index is 12.1. The van der Waals surface area contributed by atoms with Crippen molar-refractivity contribution in [2.75, 3.05) is 13.6 Å². The van der Waals surface area contributed by atoms with E-state index >= 15 is 0 Å². The van der Waals surface area contributed by atoms with Crippen LogP contribution in [0.2, 0.25) is 0 Å². The Morgan fingerprint density at radius 2 is 1.94 bits per heavy atom. The van der Waals surface area contributed by atoms with E-state index in [1.54, 1.807) is 12.1 Å². The molecule has 1 aromatic rings. The minimum atomic E-state index is -4.25. The maximum absolute atomic E-state index is 12.1. The van der Waals surface area contributed by atoms with Gasteiger partial charge in [-0.25, -0.2) is 0 Å². The first kappa shape index (κ1) is 15.0. The second-order valence-electron chi connectivity index (χ2n) is 4.11. The van der Waals surface area contributed by atoms with Crippen molar-refractivity contribution in [3.05, 3.63) is 33.8 Å². The molecule has 0 unspecified atom stereocenters. The highest BCUT2D eigenvalue weighted by Crippen LogP contribution is 2.21. The normalized spacial score (nSPS) is 11.4. The van der Waals surface area contributed by atoms with Crippen molar-refractivity contribution in [3.8, 4) is 0 Å². The zero-order valence-corrected chi connectivity index (χ0v) is 11.6. The second kappa shape index (κ2) is 5.73. The fraction of sp³-hybridized carbons (Fsp3) is 0.417. The predicted octanol–water partition coefficient (Wildman–Crippen LogP) is 3.78. The molecule has 0 fully saturated rings. The number of benzene rings is 1. The molecule has 0 atom stereocenters. The Morgan fingerprint density at radius 3 is 2.44 bits per heavy atom. The van der Waals surface area contributed by atoms with Crippen molar-refractivity contribution in [3.63, 3.8) is 0 Å². The second-order valence-corrected chi connectivity index (χ2v) is 5.02. The zero-order valence-electron chi connectivity index (χ0n) is 10.0. The number of amides is 1. The van der Waals surface area contributed by atoms with E-state index in [0.717, 1.165) is 14.9 Å². The Labute approximate surface area is 112 Å². The average molecular weight is 324 g/mol. The van der Waals surface area contributed by atoms with Crippen LogP contribution in [0.25, 0.3) is 0 Å². The summed E-state index contributed by atoms with van der Waals surface area (Å²) in [5.74, 6) is -0.413. The maximum Gasteiger partial charge on any atom is 0.390 e. The molecule has 0 radical (unpaired) electrons. The van der Waals surface area contributed by atoms with Crippen LogP contribution in [0.15, 0.2) is 22.7 Å². The number of hydrogen-bond donors (Lipinski definition) is 0. The molecule has 0 saturated carbocycles. The Kier molecular flexibility index (Phi) is 4.78. The molecule has 0 aliphatic heterocycles. The van der Waals surface area contributed by atoms with Gasteiger partial charge in [0.1, 0.15) is 0 Å². The molecule has 0 bridgehead atoms. The first-order valence-corrected chi connectivity index (χ1v) is 6.08. The molecule has 6 heteroatoms. The van der Waals surface area contributed by atoms with E-state index in [4.69, 9.17) is 0 Å². The fourth-order valence-corrected chi connectivity index (χ4v) is 2.08. The first-order chi connectivity index (χ1) is 8.19. The van der Waals surface area contributed by atoms with Crippen LogP contribution >= 0.6 is 15.9 Å². The van der Waals surface area contributed by atoms with Crippen LogP contribution < -0.4 is 0 Å². The van der Waals surface area contributed by atoms with E-state index in [1.807, 2.05) is 13.0 Å². The molecule has 0 saturated heterocycles. The van der Waals surface area contributed by atoms with E-state index < -0.39 is 18.5 Å². The van der Waals surface area contributed by atoms with Gasteiger partial charge in [0.2, 0.25) is 0 Å². The minimum absolute atomic E-state index is 0.339. The van der Waals surface area contributed by atoms with Crippen LogP contribution in [0.5, 0.6) is 0 Å². The Balaban J connectivity index is 2.74. The van der Waals surface area contributed by atoms with E-state index in [9.17, 15) is 18.0 Å². The summed E-state index contributed by atoms with van der Waals surface area (Å²) in [4.78, 5) is 13.0. The molecule has 1 rings (SSSR count). The SMILES string of the molecule is Cc1cc(Br)cc(C(=O)N(C)CCC(F)(F)F)c1. The molecule has 0 heterocycles. The minimum Gasteiger partial charge on any atom is -0.341 e. The third-order valence-electron chi connectivity index (χ3n) is 2.37. The number of hydrogen-bond acceptors (Lipinski definition) is 1. The predicted molar refractivity (Wildman–Crippen MR) is 66.5 cm³/mol. The molecule has 18 heavy (non-hydrogen) atoms. The number of halogens is 4. The topological polar surface area (TPSA) is 20.3 Å². The summed E-state index contributed by atoms with van der Waals surface area (Å²) in [6.07, 6.45) is -5.25. The highest BCUT2D eigenvalue weighted by Gasteiger charge is 2.28. The highest BCUT2D eigenvalue weighted by atomic mass is 79.9. The van der Waals surface area contributed by atoms with Gasteiger partial charge in [-0.05, 0) is 30.7 Å². The van der Waals surface area contributed by atoms with Crippen molar-refractivity contribution in [2.45, 2.75) is 19.5 Å². The number of nitrogens with zero attached hydrogens (tertiary/aromatic N) is 1. The summed E-state index contributed by atoms with van der Waals surface area (Å²) in [6.45, 7) is 1.48. The van der Waals surface area contributed by atoms with Crippen molar-refractivity contribution in [1.82, 2.24) is 4.90 Å². The molecule has 100 valence electrons. The van der Waals surface area contributed by atoms with Gasteiger partial charge >= 0.3 is 6.18 Å². The van der Waals surface area contributed by atoms with Crippen LogP contribution in [0.4, 0.5) is 13.2 Å². The summed E-state index contributed by atoms with van der Waals surface area (Å²) in [5, 5.41) is 0. The smallest absolute Gasteiger partial charge is 0.341 e. The third kappa shape index (κ3) is 4.68. The highest BCUT2D eigenvalue weighted by molar-refractivity contribution is 9.10. The van der Waals surface area contributed by atoms with E-state index in [-0.39, 0.29) is 6.54 Å². The summed E-state index contributed by atoms with van der Waals surface area (Å²) in [7, 11) is 1.37. The molecule has 1 amide bonds. The van der Waals surface area contributed by atoms with E-state index in [0.29, 0.717) is 5.56 Å². The summed E-state index contributed by atoms with van der Waals surface area (Å²) in [6, 6.07) is 5.07. The van der Waals surface area contributed by atoms with Gasteiger partial charge in [0.05, 0.1) is 6.42 Å². The molecular formula is C12H13BrF3NO. The number of alkyl halides is 3. The van der Waals surface area contributed by atoms with Crippen molar-refractivity contribution < 1.29 is 18.0 Å². The molecule has 0 spiro atoms. The number of carbonyl (C=O) groups excluding carboxylic acids is 1. The summed E-state index contributed by atoms with van der Waals surface area (Å²) in [5.41, 5.74) is 1.25. The molecule has 2 nitrogen and oxygen atoms in total. The van der Waals surface area contributed by atoms with Crippen LogP contribution in [0, 0.1) is 6.92 Å². The van der Waals surface area contributed by atoms with Gasteiger partial charge in [-0.3, -0.25) is 4.79 Å². The first-order valence-electron chi connectivity index (χ1n) is 5.28. The lowest BCUT2D eigenvalue weighted by molar-refractivity contribution is -0.136. The Bertz CT molecular complexity index is 425. The van der Waals surface area contributed by atoms with Crippen molar-refractivity contribution >= 4 is 21.8 Å². The molecular weight excluding hydrogens is 311 g/mol. The van der Waals surface area contributed by atoms with Crippen LogP contribution in [-0.2, 0) is 0 Å². The van der Waals surface area contributed by atoms with Gasteiger partial charge in [-0.15, -0.1) is 0 Å². The number of carbonyl (C=O) groups is 1. The largest absolute Gasteiger partial charge is 0.390 e. The molecule has 0 aliphatic carbocycles. The molecule has 0 N–H and O–H groups in total. The van der Waals surface area contributed by atoms with Crippen LogP contribution in [0.3, 0.4) is 0 Å². The Hall–Kier alpha value is -1.04. The van der Waals surface area contributed by atoms with E-state index in [1.165, 1.54) is 7.05 Å². The van der Waals surface area contributed by atoms with Crippen LogP contribution in [-0.4, -0.2) is 30.6 Å². The summed E-state index contributed by atoms with van der Waals surface area (Å²) >= 11 is 3.25. The monoisotopic (exact) mass is 323 g/mol. The lowest BCUT2D eigenvalue weighted by Gasteiger charge is -2.18.